The van der Waals surface area contributed by atoms with Crippen molar-refractivity contribution in [3.8, 4) is 34.2 Å². The van der Waals surface area contributed by atoms with Gasteiger partial charge in [-0.15, -0.1) is 22.7 Å². The Bertz CT molecular complexity index is 4070. The zero-order valence-electron chi connectivity index (χ0n) is 41.3. The number of benzene rings is 11. The second kappa shape index (κ2) is 19.2. The van der Waals surface area contributed by atoms with Crippen LogP contribution in [0.2, 0.25) is 0 Å². The summed E-state index contributed by atoms with van der Waals surface area (Å²) < 4.78 is 5.19. The van der Waals surface area contributed by atoms with E-state index in [9.17, 15) is 0 Å². The van der Waals surface area contributed by atoms with Crippen LogP contribution in [0.3, 0.4) is 0 Å². The van der Waals surface area contributed by atoms with Gasteiger partial charge in [-0.05, 0) is 65.8 Å². The molecule has 358 valence electrons. The molecule has 0 amide bonds. The third-order valence-corrected chi connectivity index (χ3v) is 27.0. The standard InChI is InChI=1S/C69H47N3S2Si2/c1-6-22-48(23-7-1)67-70-68(49-24-20-34-55(44-49)75(51-26-8-2-9-27-51,52-28-10-3-11-29-52)57-40-42-65-61(46-57)59-36-16-18-38-63(59)73-65)72-69(71-67)50-25-21-35-56(45-50)76(53-30-12-4-13-31-53,54-32-14-5-15-33-54)58-41-43-66-62(47-58)60-37-17-19-39-64(60)74-66/h1-47H. The van der Waals surface area contributed by atoms with Crippen molar-refractivity contribution in [2.24, 2.45) is 0 Å². The van der Waals surface area contributed by atoms with Crippen LogP contribution in [-0.4, -0.2) is 31.1 Å². The van der Waals surface area contributed by atoms with Crippen molar-refractivity contribution in [2.75, 3.05) is 0 Å². The molecular formula is C69H47N3S2Si2. The molecule has 0 aliphatic carbocycles. The first-order valence-corrected chi connectivity index (χ1v) is 31.4. The minimum atomic E-state index is -3.01. The van der Waals surface area contributed by atoms with Gasteiger partial charge in [0, 0.05) is 57.0 Å². The monoisotopic (exact) mass is 1040 g/mol. The van der Waals surface area contributed by atoms with Crippen LogP contribution in [0, 0.1) is 0 Å². The summed E-state index contributed by atoms with van der Waals surface area (Å²) >= 11 is 3.72. The van der Waals surface area contributed by atoms with Crippen molar-refractivity contribution in [2.45, 2.75) is 0 Å². The third kappa shape index (κ3) is 7.70. The second-order valence-corrected chi connectivity index (χ2v) is 29.2. The van der Waals surface area contributed by atoms with E-state index >= 15 is 0 Å². The summed E-state index contributed by atoms with van der Waals surface area (Å²) in [6.07, 6.45) is 0. The highest BCUT2D eigenvalue weighted by molar-refractivity contribution is 7.26. The molecule has 14 rings (SSSR count). The molecule has 76 heavy (non-hydrogen) atoms. The predicted octanol–water partition coefficient (Wildman–Crippen LogP) is 12.4. The Kier molecular flexibility index (Phi) is 11.6. The molecule has 3 nitrogen and oxygen atoms in total. The van der Waals surface area contributed by atoms with E-state index in [4.69, 9.17) is 15.0 Å². The SMILES string of the molecule is c1ccc(-c2nc(-c3cccc([Si](c4ccccc4)(c4ccccc4)c4ccc5sc6ccccc6c5c4)c3)nc(-c3cccc([Si](c4ccccc4)(c4ccccc4)c4ccc5sc6ccccc6c5c4)c3)n2)cc1. The highest BCUT2D eigenvalue weighted by atomic mass is 32.1. The van der Waals surface area contributed by atoms with E-state index in [2.05, 4.69) is 279 Å². The van der Waals surface area contributed by atoms with Gasteiger partial charge >= 0.3 is 0 Å². The van der Waals surface area contributed by atoms with Gasteiger partial charge in [-0.1, -0.05) is 261 Å². The summed E-state index contributed by atoms with van der Waals surface area (Å²) in [4.78, 5) is 16.3. The maximum absolute atomic E-state index is 5.53. The summed E-state index contributed by atoms with van der Waals surface area (Å²) in [5, 5.41) is 15.6. The lowest BCUT2D eigenvalue weighted by atomic mass is 10.1. The maximum Gasteiger partial charge on any atom is 0.179 e. The van der Waals surface area contributed by atoms with Crippen molar-refractivity contribution < 1.29 is 0 Å². The second-order valence-electron chi connectivity index (χ2n) is 19.4. The van der Waals surface area contributed by atoms with Crippen LogP contribution in [-0.2, 0) is 0 Å². The molecule has 0 aliphatic rings. The average molecular weight is 1040 g/mol. The molecule has 0 atom stereocenters. The van der Waals surface area contributed by atoms with Gasteiger partial charge < -0.3 is 0 Å². The minimum absolute atomic E-state index is 0.629. The molecule has 7 heteroatoms. The molecule has 0 aliphatic heterocycles. The number of fused-ring (bicyclic) bond motifs is 6. The fraction of sp³-hybridized carbons (Fsp3) is 0. The molecule has 0 fully saturated rings. The van der Waals surface area contributed by atoms with E-state index < -0.39 is 16.1 Å². The van der Waals surface area contributed by atoms with E-state index in [0.717, 1.165) is 16.7 Å². The highest BCUT2D eigenvalue weighted by Crippen LogP contribution is 2.35. The van der Waals surface area contributed by atoms with Gasteiger partial charge in [0.1, 0.15) is 0 Å². The number of nitrogens with zero attached hydrogens (tertiary/aromatic N) is 3. The Morgan fingerprint density at radius 3 is 0.895 bits per heavy atom. The lowest BCUT2D eigenvalue weighted by molar-refractivity contribution is 1.07. The van der Waals surface area contributed by atoms with Crippen molar-refractivity contribution >= 4 is 121 Å². The molecule has 0 saturated carbocycles. The van der Waals surface area contributed by atoms with Crippen molar-refractivity contribution in [1.82, 2.24) is 15.0 Å². The molecule has 0 spiro atoms. The van der Waals surface area contributed by atoms with Crippen molar-refractivity contribution in [3.05, 3.63) is 285 Å². The lowest BCUT2D eigenvalue weighted by Gasteiger charge is -2.35. The first kappa shape index (κ1) is 45.9. The number of rotatable bonds is 11. The smallest absolute Gasteiger partial charge is 0.179 e. The van der Waals surface area contributed by atoms with Crippen LogP contribution in [0.4, 0.5) is 0 Å². The Morgan fingerprint density at radius 2 is 0.500 bits per heavy atom. The molecule has 0 unspecified atom stereocenters. The number of hydrogen-bond donors (Lipinski definition) is 0. The quantitative estimate of drug-likeness (QED) is 0.0957. The average Bonchev–Trinajstić information content (AvgIpc) is 4.08. The number of hydrogen-bond acceptors (Lipinski definition) is 5. The van der Waals surface area contributed by atoms with Crippen LogP contribution in [0.5, 0.6) is 0 Å². The van der Waals surface area contributed by atoms with Crippen LogP contribution in [0.1, 0.15) is 0 Å². The largest absolute Gasteiger partial charge is 0.208 e. The predicted molar refractivity (Wildman–Crippen MR) is 329 cm³/mol. The molecule has 3 heterocycles. The van der Waals surface area contributed by atoms with E-state index in [1.807, 2.05) is 28.7 Å². The van der Waals surface area contributed by atoms with Gasteiger partial charge in [0.15, 0.2) is 33.6 Å². The first-order valence-electron chi connectivity index (χ1n) is 25.7. The molecule has 0 radical (unpaired) electrons. The lowest BCUT2D eigenvalue weighted by Crippen LogP contribution is -2.74. The van der Waals surface area contributed by atoms with Crippen LogP contribution in [0.15, 0.2) is 285 Å². The van der Waals surface area contributed by atoms with E-state index in [0.29, 0.717) is 17.5 Å². The Labute approximate surface area is 451 Å². The minimum Gasteiger partial charge on any atom is -0.208 e. The van der Waals surface area contributed by atoms with Gasteiger partial charge in [0.25, 0.3) is 0 Å². The third-order valence-electron chi connectivity index (χ3n) is 15.2. The number of thiophene rings is 2. The summed E-state index contributed by atoms with van der Waals surface area (Å²) in [5.74, 6) is 1.89. The fourth-order valence-corrected chi connectivity index (χ4v) is 23.6. The van der Waals surface area contributed by atoms with Crippen LogP contribution < -0.4 is 41.5 Å². The van der Waals surface area contributed by atoms with Crippen LogP contribution in [0.25, 0.3) is 74.5 Å². The van der Waals surface area contributed by atoms with Gasteiger partial charge in [0.05, 0.1) is 0 Å². The summed E-state index contributed by atoms with van der Waals surface area (Å²) in [5.41, 5.74) is 2.81. The molecule has 3 aromatic heterocycles. The molecule has 14 aromatic rings. The molecule has 0 bridgehead atoms. The summed E-state index contributed by atoms with van der Waals surface area (Å²) in [6.45, 7) is 0. The van der Waals surface area contributed by atoms with Gasteiger partial charge in [-0.2, -0.15) is 0 Å². The van der Waals surface area contributed by atoms with E-state index in [1.54, 1.807) is 0 Å². The summed E-state index contributed by atoms with van der Waals surface area (Å²) in [6, 6.07) is 105. The van der Waals surface area contributed by atoms with Crippen LogP contribution >= 0.6 is 22.7 Å². The summed E-state index contributed by atoms with van der Waals surface area (Å²) in [7, 11) is -6.02. The van der Waals surface area contributed by atoms with E-state index in [1.165, 1.54) is 81.8 Å². The number of aromatic nitrogens is 3. The van der Waals surface area contributed by atoms with Gasteiger partial charge in [-0.25, -0.2) is 15.0 Å². The Morgan fingerprint density at radius 1 is 0.211 bits per heavy atom. The molecule has 0 N–H and O–H groups in total. The Hall–Kier alpha value is -8.70. The molecular weight excluding hydrogens is 991 g/mol. The highest BCUT2D eigenvalue weighted by Gasteiger charge is 2.43. The zero-order valence-corrected chi connectivity index (χ0v) is 44.9. The normalized spacial score (nSPS) is 11.9. The fourth-order valence-electron chi connectivity index (χ4n) is 11.8. The van der Waals surface area contributed by atoms with Crippen molar-refractivity contribution in [1.29, 1.82) is 0 Å². The van der Waals surface area contributed by atoms with Gasteiger partial charge in [-0.3, -0.25) is 0 Å². The van der Waals surface area contributed by atoms with Gasteiger partial charge in [0.2, 0.25) is 0 Å². The topological polar surface area (TPSA) is 38.7 Å². The molecule has 11 aromatic carbocycles. The van der Waals surface area contributed by atoms with E-state index in [-0.39, 0.29) is 0 Å². The first-order chi connectivity index (χ1) is 37.6. The molecule has 0 saturated heterocycles. The van der Waals surface area contributed by atoms with Crippen molar-refractivity contribution in [3.63, 3.8) is 0 Å². The zero-order chi connectivity index (χ0) is 50.5. The Balaban J connectivity index is 0.986. The maximum atomic E-state index is 5.53.